The molecular formula is C13H14F4N2O3. The Morgan fingerprint density at radius 1 is 1.45 bits per heavy atom. The van der Waals surface area contributed by atoms with Crippen molar-refractivity contribution in [1.29, 1.82) is 0 Å². The number of pyridine rings is 1. The van der Waals surface area contributed by atoms with E-state index in [0.717, 1.165) is 13.2 Å². The number of methoxy groups -OCH3 is 1. The Labute approximate surface area is 123 Å². The van der Waals surface area contributed by atoms with Crippen LogP contribution in [0.25, 0.3) is 0 Å². The Bertz CT molecular complexity index is 565. The van der Waals surface area contributed by atoms with E-state index in [2.05, 4.69) is 9.72 Å². The van der Waals surface area contributed by atoms with Crippen molar-refractivity contribution in [2.24, 2.45) is 0 Å². The van der Waals surface area contributed by atoms with E-state index < -0.39 is 30.1 Å². The molecule has 0 amide bonds. The first kappa shape index (κ1) is 16.5. The number of piperidine rings is 1. The highest BCUT2D eigenvalue weighted by atomic mass is 19.4. The minimum atomic E-state index is -4.75. The molecule has 1 aromatic heterocycles. The zero-order valence-electron chi connectivity index (χ0n) is 11.6. The van der Waals surface area contributed by atoms with E-state index in [4.69, 9.17) is 0 Å². The van der Waals surface area contributed by atoms with Crippen molar-refractivity contribution in [3.8, 4) is 0 Å². The summed E-state index contributed by atoms with van der Waals surface area (Å²) in [5, 5.41) is 9.33. The second kappa shape index (κ2) is 6.07. The van der Waals surface area contributed by atoms with Crippen LogP contribution < -0.4 is 4.90 Å². The highest BCUT2D eigenvalue weighted by Gasteiger charge is 2.35. The van der Waals surface area contributed by atoms with Crippen molar-refractivity contribution in [2.75, 3.05) is 25.1 Å². The maximum Gasteiger partial charge on any atom is 0.433 e. The number of carbonyl (C=O) groups is 1. The number of aliphatic hydroxyl groups is 1. The van der Waals surface area contributed by atoms with Crippen LogP contribution in [0.2, 0.25) is 0 Å². The number of hydrogen-bond acceptors (Lipinski definition) is 5. The molecule has 2 atom stereocenters. The van der Waals surface area contributed by atoms with Crippen molar-refractivity contribution in [3.05, 3.63) is 23.4 Å². The van der Waals surface area contributed by atoms with E-state index in [0.29, 0.717) is 6.07 Å². The predicted octanol–water partition coefficient (Wildman–Crippen LogP) is 1.80. The summed E-state index contributed by atoms with van der Waals surface area (Å²) in [5.41, 5.74) is -1.58. The second-order valence-corrected chi connectivity index (χ2v) is 4.91. The summed E-state index contributed by atoms with van der Waals surface area (Å²) < 4.78 is 56.6. The Hall–Kier alpha value is -1.90. The lowest BCUT2D eigenvalue weighted by molar-refractivity contribution is -0.141. The topological polar surface area (TPSA) is 62.7 Å². The number of hydrogen-bond donors (Lipinski definition) is 1. The first-order valence-corrected chi connectivity index (χ1v) is 6.47. The van der Waals surface area contributed by atoms with Gasteiger partial charge in [0.05, 0.1) is 25.3 Å². The highest BCUT2D eigenvalue weighted by molar-refractivity contribution is 5.90. The van der Waals surface area contributed by atoms with Crippen LogP contribution in [0.3, 0.4) is 0 Å². The lowest BCUT2D eigenvalue weighted by Gasteiger charge is -2.33. The lowest BCUT2D eigenvalue weighted by atomic mass is 10.1. The van der Waals surface area contributed by atoms with Gasteiger partial charge >= 0.3 is 12.1 Å². The summed E-state index contributed by atoms with van der Waals surface area (Å²) in [5.74, 6) is -1.12. The zero-order chi connectivity index (χ0) is 16.5. The van der Waals surface area contributed by atoms with Gasteiger partial charge in [0.25, 0.3) is 0 Å². The maximum absolute atomic E-state index is 13.5. The SMILES string of the molecule is COC(=O)c1cc(N2CCC(O)C(F)C2)nc(C(F)(F)F)c1. The van der Waals surface area contributed by atoms with Crippen molar-refractivity contribution >= 4 is 11.8 Å². The van der Waals surface area contributed by atoms with Gasteiger partial charge in [0.2, 0.25) is 0 Å². The van der Waals surface area contributed by atoms with Crippen molar-refractivity contribution in [2.45, 2.75) is 24.9 Å². The van der Waals surface area contributed by atoms with Gasteiger partial charge in [-0.05, 0) is 18.6 Å². The number of anilines is 1. The monoisotopic (exact) mass is 322 g/mol. The number of esters is 1. The fourth-order valence-corrected chi connectivity index (χ4v) is 2.16. The molecule has 0 radical (unpaired) electrons. The molecule has 1 N–H and O–H groups in total. The molecule has 1 aliphatic rings. The predicted molar refractivity (Wildman–Crippen MR) is 68.3 cm³/mol. The first-order chi connectivity index (χ1) is 10.2. The average molecular weight is 322 g/mol. The van der Waals surface area contributed by atoms with Gasteiger partial charge in [-0.3, -0.25) is 0 Å². The lowest BCUT2D eigenvalue weighted by Crippen LogP contribution is -2.45. The number of halogens is 4. The van der Waals surface area contributed by atoms with Crippen molar-refractivity contribution in [3.63, 3.8) is 0 Å². The molecule has 2 heterocycles. The number of carbonyl (C=O) groups excluding carboxylic acids is 1. The zero-order valence-corrected chi connectivity index (χ0v) is 11.6. The van der Waals surface area contributed by atoms with E-state index in [1.807, 2.05) is 0 Å². The van der Waals surface area contributed by atoms with Gasteiger partial charge in [-0.2, -0.15) is 13.2 Å². The average Bonchev–Trinajstić information content (AvgIpc) is 2.47. The number of alkyl halides is 4. The minimum absolute atomic E-state index is 0.0622. The van der Waals surface area contributed by atoms with Crippen LogP contribution >= 0.6 is 0 Å². The molecule has 0 saturated carbocycles. The Kier molecular flexibility index (Phi) is 4.55. The molecule has 5 nitrogen and oxygen atoms in total. The molecule has 0 spiro atoms. The summed E-state index contributed by atoms with van der Waals surface area (Å²) in [6, 6.07) is 1.70. The number of ether oxygens (including phenoxy) is 1. The normalized spacial score (nSPS) is 22.5. The summed E-state index contributed by atoms with van der Waals surface area (Å²) in [4.78, 5) is 16.2. The maximum atomic E-state index is 13.5. The van der Waals surface area contributed by atoms with Gasteiger partial charge < -0.3 is 14.7 Å². The quantitative estimate of drug-likeness (QED) is 0.664. The second-order valence-electron chi connectivity index (χ2n) is 4.91. The Morgan fingerprint density at radius 2 is 2.14 bits per heavy atom. The third-order valence-corrected chi connectivity index (χ3v) is 3.35. The molecule has 2 unspecified atom stereocenters. The Morgan fingerprint density at radius 3 is 2.68 bits per heavy atom. The fraction of sp³-hybridized carbons (Fsp3) is 0.538. The molecule has 9 heteroatoms. The van der Waals surface area contributed by atoms with Gasteiger partial charge in [0, 0.05) is 6.54 Å². The minimum Gasteiger partial charge on any atom is -0.465 e. The molecule has 122 valence electrons. The number of aromatic nitrogens is 1. The van der Waals surface area contributed by atoms with Gasteiger partial charge in [-0.15, -0.1) is 0 Å². The molecule has 22 heavy (non-hydrogen) atoms. The van der Waals surface area contributed by atoms with Gasteiger partial charge in [-0.25, -0.2) is 14.2 Å². The fourth-order valence-electron chi connectivity index (χ4n) is 2.16. The number of nitrogens with zero attached hydrogens (tertiary/aromatic N) is 2. The summed E-state index contributed by atoms with van der Waals surface area (Å²) in [6.45, 7) is -0.160. The summed E-state index contributed by atoms with van der Waals surface area (Å²) in [7, 11) is 1.05. The smallest absolute Gasteiger partial charge is 0.433 e. The van der Waals surface area contributed by atoms with Crippen molar-refractivity contribution in [1.82, 2.24) is 4.98 Å². The molecule has 1 aliphatic heterocycles. The molecule has 2 rings (SSSR count). The first-order valence-electron chi connectivity index (χ1n) is 6.47. The molecule has 0 aliphatic carbocycles. The van der Waals surface area contributed by atoms with Crippen LogP contribution in [-0.4, -0.2) is 48.5 Å². The standard InChI is InChI=1S/C13H14F4N2O3/c1-22-12(21)7-4-10(13(15,16)17)18-11(5-7)19-3-2-9(20)8(14)6-19/h4-5,8-9,20H,2-3,6H2,1H3. The molecule has 1 saturated heterocycles. The molecule has 0 bridgehead atoms. The van der Waals surface area contributed by atoms with Crippen LogP contribution in [0, 0.1) is 0 Å². The van der Waals surface area contributed by atoms with Crippen LogP contribution in [0.5, 0.6) is 0 Å². The van der Waals surface area contributed by atoms with E-state index >= 15 is 0 Å². The van der Waals surface area contributed by atoms with Crippen LogP contribution in [-0.2, 0) is 10.9 Å². The van der Waals surface area contributed by atoms with Crippen LogP contribution in [0.4, 0.5) is 23.4 Å². The van der Waals surface area contributed by atoms with Crippen molar-refractivity contribution < 1.29 is 32.2 Å². The van der Waals surface area contributed by atoms with E-state index in [1.54, 1.807) is 0 Å². The van der Waals surface area contributed by atoms with Gasteiger partial charge in [-0.1, -0.05) is 0 Å². The van der Waals surface area contributed by atoms with Crippen LogP contribution in [0.15, 0.2) is 12.1 Å². The molecule has 1 aromatic rings. The molecule has 0 aromatic carbocycles. The van der Waals surface area contributed by atoms with E-state index in [9.17, 15) is 27.5 Å². The van der Waals surface area contributed by atoms with E-state index in [-0.39, 0.29) is 30.9 Å². The van der Waals surface area contributed by atoms with Crippen LogP contribution in [0.1, 0.15) is 22.5 Å². The number of aliphatic hydroxyl groups excluding tert-OH is 1. The van der Waals surface area contributed by atoms with Gasteiger partial charge in [0.15, 0.2) is 0 Å². The molecular weight excluding hydrogens is 308 g/mol. The third kappa shape index (κ3) is 3.46. The van der Waals surface area contributed by atoms with E-state index in [1.165, 1.54) is 4.90 Å². The summed E-state index contributed by atoms with van der Waals surface area (Å²) >= 11 is 0. The molecule has 1 fully saturated rings. The number of rotatable bonds is 2. The van der Waals surface area contributed by atoms with Gasteiger partial charge in [0.1, 0.15) is 17.7 Å². The Balaban J connectivity index is 2.40. The highest BCUT2D eigenvalue weighted by Crippen LogP contribution is 2.31. The summed E-state index contributed by atoms with van der Waals surface area (Å²) in [6.07, 6.45) is -7.43. The third-order valence-electron chi connectivity index (χ3n) is 3.35. The largest absolute Gasteiger partial charge is 0.465 e.